The lowest BCUT2D eigenvalue weighted by Gasteiger charge is -2.36. The highest BCUT2D eigenvalue weighted by Crippen LogP contribution is 2.39. The topological polar surface area (TPSA) is 48.4 Å². The summed E-state index contributed by atoms with van der Waals surface area (Å²) in [6.45, 7) is 1.99. The van der Waals surface area contributed by atoms with Crippen molar-refractivity contribution in [3.8, 4) is 0 Å². The maximum absolute atomic E-state index is 13.8. The smallest absolute Gasteiger partial charge is 0.284 e. The number of hydrogen-bond donors (Lipinski definition) is 2. The SMILES string of the molecule is Cc1cnc2c(c1)N(Cc1cc(F)ccc1C(F)(F)P)C(O)CN2. The summed E-state index contributed by atoms with van der Waals surface area (Å²) in [5.41, 5.74) is -1.90. The molecule has 0 aliphatic carbocycles. The molecule has 2 N–H and O–H groups in total. The predicted octanol–water partition coefficient (Wildman–Crippen LogP) is 3.20. The van der Waals surface area contributed by atoms with Gasteiger partial charge in [0.05, 0.1) is 12.2 Å². The van der Waals surface area contributed by atoms with Crippen LogP contribution in [0.3, 0.4) is 0 Å². The van der Waals surface area contributed by atoms with Crippen LogP contribution in [0.4, 0.5) is 24.7 Å². The molecule has 0 fully saturated rings. The molecule has 0 radical (unpaired) electrons. The van der Waals surface area contributed by atoms with E-state index in [4.69, 9.17) is 0 Å². The number of nitrogens with one attached hydrogen (secondary N) is 1. The van der Waals surface area contributed by atoms with E-state index < -0.39 is 17.7 Å². The van der Waals surface area contributed by atoms with Crippen LogP contribution in [0.2, 0.25) is 0 Å². The summed E-state index contributed by atoms with van der Waals surface area (Å²) in [4.78, 5) is 5.79. The second-order valence-corrected chi connectivity index (χ2v) is 6.52. The molecule has 0 saturated heterocycles. The van der Waals surface area contributed by atoms with Gasteiger partial charge in [-0.3, -0.25) is 0 Å². The average Bonchev–Trinajstić information content (AvgIpc) is 2.49. The van der Waals surface area contributed by atoms with E-state index in [-0.39, 0.29) is 24.2 Å². The fraction of sp³-hybridized carbons (Fsp3) is 0.312. The molecule has 24 heavy (non-hydrogen) atoms. The molecule has 8 heteroatoms. The van der Waals surface area contributed by atoms with Gasteiger partial charge < -0.3 is 15.3 Å². The van der Waals surface area contributed by atoms with Gasteiger partial charge >= 0.3 is 0 Å². The van der Waals surface area contributed by atoms with Crippen LogP contribution in [0.1, 0.15) is 16.7 Å². The molecule has 2 unspecified atom stereocenters. The van der Waals surface area contributed by atoms with Crippen molar-refractivity contribution >= 4 is 20.7 Å². The van der Waals surface area contributed by atoms with Gasteiger partial charge in [-0.2, -0.15) is 8.78 Å². The van der Waals surface area contributed by atoms with Gasteiger partial charge in [0.1, 0.15) is 17.9 Å². The predicted molar refractivity (Wildman–Crippen MR) is 89.7 cm³/mol. The Bertz CT molecular complexity index is 767. The summed E-state index contributed by atoms with van der Waals surface area (Å²) < 4.78 is 41.2. The van der Waals surface area contributed by atoms with Gasteiger partial charge in [0.25, 0.3) is 5.66 Å². The third-order valence-corrected chi connectivity index (χ3v) is 4.20. The van der Waals surface area contributed by atoms with Crippen molar-refractivity contribution in [1.82, 2.24) is 4.98 Å². The number of pyridine rings is 1. The zero-order chi connectivity index (χ0) is 17.5. The number of β-amino-alcohol motifs (C(OH)–C–C–N with tert-alkyl or cyclic N) is 1. The van der Waals surface area contributed by atoms with Crippen molar-refractivity contribution in [2.24, 2.45) is 0 Å². The second-order valence-electron chi connectivity index (χ2n) is 5.79. The summed E-state index contributed by atoms with van der Waals surface area (Å²) in [5.74, 6) is -0.0447. The lowest BCUT2D eigenvalue weighted by atomic mass is 10.1. The Morgan fingerprint density at radius 3 is 2.88 bits per heavy atom. The molecular weight excluding hydrogens is 338 g/mol. The summed E-state index contributed by atoms with van der Waals surface area (Å²) in [5, 5.41) is 13.3. The Morgan fingerprint density at radius 1 is 1.42 bits per heavy atom. The van der Waals surface area contributed by atoms with Crippen LogP contribution in [0.25, 0.3) is 0 Å². The molecular formula is C16H17F3N3OP. The van der Waals surface area contributed by atoms with E-state index in [0.717, 1.165) is 23.8 Å². The number of anilines is 2. The summed E-state index contributed by atoms with van der Waals surface area (Å²) >= 11 is 0. The lowest BCUT2D eigenvalue weighted by Crippen LogP contribution is -2.44. The molecule has 0 amide bonds. The minimum atomic E-state index is -3.18. The number of fused-ring (bicyclic) bond motifs is 1. The highest BCUT2D eigenvalue weighted by molar-refractivity contribution is 7.17. The number of hydrogen-bond acceptors (Lipinski definition) is 4. The molecule has 2 atom stereocenters. The van der Waals surface area contributed by atoms with E-state index in [0.29, 0.717) is 11.5 Å². The average molecular weight is 355 g/mol. The van der Waals surface area contributed by atoms with E-state index in [1.54, 1.807) is 17.2 Å². The van der Waals surface area contributed by atoms with Gasteiger partial charge in [0.2, 0.25) is 0 Å². The van der Waals surface area contributed by atoms with Crippen LogP contribution < -0.4 is 10.2 Å². The molecule has 0 bridgehead atoms. The Kier molecular flexibility index (Phi) is 4.40. The molecule has 1 aliphatic heterocycles. The number of aryl methyl sites for hydroxylation is 1. The normalized spacial score (nSPS) is 17.4. The van der Waals surface area contributed by atoms with Crippen molar-refractivity contribution in [1.29, 1.82) is 0 Å². The molecule has 1 aliphatic rings. The van der Waals surface area contributed by atoms with Crippen molar-refractivity contribution in [3.05, 3.63) is 53.0 Å². The first-order valence-electron chi connectivity index (χ1n) is 7.36. The molecule has 1 aromatic carbocycles. The van der Waals surface area contributed by atoms with E-state index in [1.165, 1.54) is 9.24 Å². The molecule has 0 spiro atoms. The molecule has 128 valence electrons. The maximum atomic E-state index is 13.8. The number of aliphatic hydroxyl groups excluding tert-OH is 1. The van der Waals surface area contributed by atoms with E-state index in [2.05, 4.69) is 10.3 Å². The van der Waals surface area contributed by atoms with Gasteiger partial charge in [0.15, 0.2) is 0 Å². The zero-order valence-electron chi connectivity index (χ0n) is 12.9. The standard InChI is InChI=1S/C16H17F3N3OP/c1-9-4-13-15(20-6-9)21-7-14(23)22(13)8-10-5-11(17)2-3-12(10)16(18,19)24/h2-6,14,23H,7-8,24H2,1H3,(H,20,21). The zero-order valence-corrected chi connectivity index (χ0v) is 14.1. The lowest BCUT2D eigenvalue weighted by molar-refractivity contribution is 0.102. The van der Waals surface area contributed by atoms with Gasteiger partial charge in [-0.15, -0.1) is 0 Å². The van der Waals surface area contributed by atoms with Gasteiger partial charge in [-0.25, -0.2) is 9.37 Å². The van der Waals surface area contributed by atoms with Gasteiger partial charge in [-0.05, 0) is 42.3 Å². The molecule has 0 saturated carbocycles. The highest BCUT2D eigenvalue weighted by Gasteiger charge is 2.31. The van der Waals surface area contributed by atoms with Crippen LogP contribution in [0, 0.1) is 12.7 Å². The first-order chi connectivity index (χ1) is 11.3. The molecule has 3 rings (SSSR count). The number of benzene rings is 1. The first kappa shape index (κ1) is 17.0. The van der Waals surface area contributed by atoms with Crippen molar-refractivity contribution in [2.75, 3.05) is 16.8 Å². The monoisotopic (exact) mass is 355 g/mol. The Morgan fingerprint density at radius 2 is 2.17 bits per heavy atom. The third-order valence-electron chi connectivity index (χ3n) is 3.89. The highest BCUT2D eigenvalue weighted by atomic mass is 31.0. The van der Waals surface area contributed by atoms with Crippen molar-refractivity contribution in [2.45, 2.75) is 25.4 Å². The summed E-state index contributed by atoms with van der Waals surface area (Å²) in [6, 6.07) is 4.95. The quantitative estimate of drug-likeness (QED) is 0.831. The number of aliphatic hydroxyl groups is 1. The molecule has 2 heterocycles. The van der Waals surface area contributed by atoms with Crippen molar-refractivity contribution < 1.29 is 18.3 Å². The van der Waals surface area contributed by atoms with Crippen LogP contribution in [0.5, 0.6) is 0 Å². The Hall–Kier alpha value is -1.85. The number of rotatable bonds is 3. The largest absolute Gasteiger partial charge is 0.372 e. The summed E-state index contributed by atoms with van der Waals surface area (Å²) in [7, 11) is 1.46. The van der Waals surface area contributed by atoms with Crippen LogP contribution in [0.15, 0.2) is 30.5 Å². The molecule has 2 aromatic rings. The van der Waals surface area contributed by atoms with E-state index in [9.17, 15) is 18.3 Å². The summed E-state index contributed by atoms with van der Waals surface area (Å²) in [6.07, 6.45) is 0.738. The maximum Gasteiger partial charge on any atom is 0.284 e. The fourth-order valence-corrected chi connectivity index (χ4v) is 3.04. The minimum Gasteiger partial charge on any atom is -0.372 e. The first-order valence-corrected chi connectivity index (χ1v) is 7.94. The second kappa shape index (κ2) is 6.22. The number of alkyl halides is 2. The van der Waals surface area contributed by atoms with Crippen LogP contribution in [-0.4, -0.2) is 22.9 Å². The van der Waals surface area contributed by atoms with Crippen LogP contribution >= 0.6 is 9.24 Å². The van der Waals surface area contributed by atoms with Gasteiger partial charge in [0, 0.05) is 18.3 Å². The fourth-order valence-electron chi connectivity index (χ4n) is 2.76. The van der Waals surface area contributed by atoms with E-state index in [1.807, 2.05) is 6.92 Å². The molecule has 4 nitrogen and oxygen atoms in total. The Balaban J connectivity index is 2.03. The number of halogens is 3. The van der Waals surface area contributed by atoms with Gasteiger partial charge in [-0.1, -0.05) is 9.24 Å². The minimum absolute atomic E-state index is 0.0575. The van der Waals surface area contributed by atoms with Crippen LogP contribution in [-0.2, 0) is 12.2 Å². The Labute approximate surface area is 139 Å². The third kappa shape index (κ3) is 3.32. The molecule has 1 aromatic heterocycles. The number of aromatic nitrogens is 1. The van der Waals surface area contributed by atoms with Crippen molar-refractivity contribution in [3.63, 3.8) is 0 Å². The number of nitrogens with zero attached hydrogens (tertiary/aromatic N) is 2. The van der Waals surface area contributed by atoms with E-state index >= 15 is 0 Å².